The molecule has 6 heteroatoms. The first-order valence-electron chi connectivity index (χ1n) is 11.1. The minimum atomic E-state index is -0.0609. The summed E-state index contributed by atoms with van der Waals surface area (Å²) in [6, 6.07) is 8.05. The number of morpholine rings is 1. The fourth-order valence-electron chi connectivity index (χ4n) is 5.12. The first-order valence-corrected chi connectivity index (χ1v) is 11.1. The van der Waals surface area contributed by atoms with Crippen molar-refractivity contribution in [2.75, 3.05) is 13.1 Å². The third-order valence-electron chi connectivity index (χ3n) is 6.55. The van der Waals surface area contributed by atoms with Crippen LogP contribution in [0.5, 0.6) is 0 Å². The maximum Gasteiger partial charge on any atom is 0.254 e. The van der Waals surface area contributed by atoms with Crippen molar-refractivity contribution in [1.29, 1.82) is 0 Å². The second kappa shape index (κ2) is 8.84. The van der Waals surface area contributed by atoms with Crippen LogP contribution in [-0.2, 0) is 16.1 Å². The Kier molecular flexibility index (Phi) is 6.20. The molecular weight excluding hydrogens is 366 g/mol. The Morgan fingerprint density at radius 1 is 1.10 bits per heavy atom. The lowest BCUT2D eigenvalue weighted by atomic mass is 9.85. The first kappa shape index (κ1) is 20.4. The molecule has 3 aliphatic rings. The highest BCUT2D eigenvalue weighted by atomic mass is 16.5. The summed E-state index contributed by atoms with van der Waals surface area (Å²) in [4.78, 5) is 27.2. The van der Waals surface area contributed by atoms with Gasteiger partial charge in [0.15, 0.2) is 0 Å². The molecule has 0 spiro atoms. The third-order valence-corrected chi connectivity index (χ3v) is 6.55. The van der Waals surface area contributed by atoms with Crippen molar-refractivity contribution in [2.45, 2.75) is 76.8 Å². The van der Waals surface area contributed by atoms with Gasteiger partial charge in [0.05, 0.1) is 18.2 Å². The molecule has 2 N–H and O–H groups in total. The summed E-state index contributed by atoms with van der Waals surface area (Å²) in [6.07, 6.45) is 6.10. The average Bonchev–Trinajstić information content (AvgIpc) is 3.15. The molecule has 2 amide bonds. The van der Waals surface area contributed by atoms with Crippen LogP contribution in [-0.4, -0.2) is 54.1 Å². The molecule has 158 valence electrons. The van der Waals surface area contributed by atoms with E-state index >= 15 is 0 Å². The molecule has 29 heavy (non-hydrogen) atoms. The summed E-state index contributed by atoms with van der Waals surface area (Å²) >= 11 is 0. The SMILES string of the molecule is CC1CN(C(=O)c2ccc(CNC(=O)C3CC4CCCCC4N3)cc2)CC(C)O1. The number of carbonyl (C=O) groups excluding carboxylic acids is 2. The number of ether oxygens (including phenoxy) is 1. The molecule has 2 aliphatic heterocycles. The predicted molar refractivity (Wildman–Crippen MR) is 111 cm³/mol. The van der Waals surface area contributed by atoms with Gasteiger partial charge in [-0.1, -0.05) is 25.0 Å². The number of rotatable bonds is 4. The maximum atomic E-state index is 12.8. The van der Waals surface area contributed by atoms with E-state index in [-0.39, 0.29) is 30.1 Å². The summed E-state index contributed by atoms with van der Waals surface area (Å²) < 4.78 is 5.71. The van der Waals surface area contributed by atoms with E-state index in [9.17, 15) is 9.59 Å². The summed E-state index contributed by atoms with van der Waals surface area (Å²) in [7, 11) is 0. The normalized spacial score (nSPS) is 31.9. The Morgan fingerprint density at radius 2 is 1.79 bits per heavy atom. The van der Waals surface area contributed by atoms with Crippen LogP contribution in [0, 0.1) is 5.92 Å². The molecule has 2 saturated heterocycles. The van der Waals surface area contributed by atoms with Crippen LogP contribution in [0.1, 0.15) is 61.9 Å². The standard InChI is InChI=1S/C23H33N3O3/c1-15-13-26(14-16(2)29-15)23(28)18-9-7-17(8-10-18)12-24-22(27)21-11-19-5-3-4-6-20(19)25-21/h7-10,15-16,19-21,25H,3-6,11-14H2,1-2H3,(H,24,27). The van der Waals surface area contributed by atoms with Gasteiger partial charge in [-0.2, -0.15) is 0 Å². The van der Waals surface area contributed by atoms with Gasteiger partial charge in [-0.3, -0.25) is 9.59 Å². The summed E-state index contributed by atoms with van der Waals surface area (Å²) in [6.45, 7) is 5.73. The van der Waals surface area contributed by atoms with Crippen molar-refractivity contribution in [2.24, 2.45) is 5.92 Å². The van der Waals surface area contributed by atoms with Crippen molar-refractivity contribution >= 4 is 11.8 Å². The second-order valence-electron chi connectivity index (χ2n) is 8.99. The molecule has 2 heterocycles. The van der Waals surface area contributed by atoms with Crippen LogP contribution in [0.15, 0.2) is 24.3 Å². The number of carbonyl (C=O) groups is 2. The molecular formula is C23H33N3O3. The van der Waals surface area contributed by atoms with Crippen molar-refractivity contribution < 1.29 is 14.3 Å². The van der Waals surface area contributed by atoms with Gasteiger partial charge in [-0.15, -0.1) is 0 Å². The van der Waals surface area contributed by atoms with Gasteiger partial charge in [0.2, 0.25) is 5.91 Å². The number of hydrogen-bond donors (Lipinski definition) is 2. The molecule has 1 saturated carbocycles. The highest BCUT2D eigenvalue weighted by Gasteiger charge is 2.38. The number of amides is 2. The number of nitrogens with zero attached hydrogens (tertiary/aromatic N) is 1. The molecule has 4 rings (SSSR count). The lowest BCUT2D eigenvalue weighted by Gasteiger charge is -2.35. The van der Waals surface area contributed by atoms with E-state index in [2.05, 4.69) is 10.6 Å². The maximum absolute atomic E-state index is 12.8. The first-order chi connectivity index (χ1) is 14.0. The van der Waals surface area contributed by atoms with Gasteiger partial charge < -0.3 is 20.3 Å². The molecule has 1 aromatic rings. The summed E-state index contributed by atoms with van der Waals surface area (Å²) in [5.41, 5.74) is 1.69. The molecule has 0 aromatic heterocycles. The lowest BCUT2D eigenvalue weighted by Crippen LogP contribution is -2.48. The molecule has 1 aromatic carbocycles. The number of fused-ring (bicyclic) bond motifs is 1. The van der Waals surface area contributed by atoms with Crippen LogP contribution in [0.2, 0.25) is 0 Å². The highest BCUT2D eigenvalue weighted by Crippen LogP contribution is 2.33. The Balaban J connectivity index is 1.28. The van der Waals surface area contributed by atoms with E-state index in [1.165, 1.54) is 25.7 Å². The number of nitrogens with one attached hydrogen (secondary N) is 2. The van der Waals surface area contributed by atoms with E-state index in [0.717, 1.165) is 12.0 Å². The Morgan fingerprint density at radius 3 is 2.48 bits per heavy atom. The minimum absolute atomic E-state index is 0.0420. The summed E-state index contributed by atoms with van der Waals surface area (Å²) in [5, 5.41) is 6.58. The molecule has 0 bridgehead atoms. The Bertz CT molecular complexity index is 711. The zero-order valence-corrected chi connectivity index (χ0v) is 17.5. The zero-order valence-electron chi connectivity index (χ0n) is 17.5. The summed E-state index contributed by atoms with van der Waals surface area (Å²) in [5.74, 6) is 0.798. The predicted octanol–water partition coefficient (Wildman–Crippen LogP) is 2.47. The quantitative estimate of drug-likeness (QED) is 0.816. The molecule has 5 unspecified atom stereocenters. The second-order valence-corrected chi connectivity index (χ2v) is 8.99. The van der Waals surface area contributed by atoms with E-state index in [1.54, 1.807) is 0 Å². The topological polar surface area (TPSA) is 70.7 Å². The van der Waals surface area contributed by atoms with Crippen molar-refractivity contribution in [1.82, 2.24) is 15.5 Å². The Hall–Kier alpha value is -1.92. The molecule has 0 radical (unpaired) electrons. The van der Waals surface area contributed by atoms with Crippen LogP contribution in [0.4, 0.5) is 0 Å². The van der Waals surface area contributed by atoms with Gasteiger partial charge in [0, 0.05) is 31.2 Å². The van der Waals surface area contributed by atoms with Gasteiger partial charge in [-0.05, 0) is 56.7 Å². The van der Waals surface area contributed by atoms with Crippen molar-refractivity contribution in [3.63, 3.8) is 0 Å². The van der Waals surface area contributed by atoms with Crippen molar-refractivity contribution in [3.05, 3.63) is 35.4 Å². The number of hydrogen-bond acceptors (Lipinski definition) is 4. The molecule has 6 nitrogen and oxygen atoms in total. The van der Waals surface area contributed by atoms with Crippen LogP contribution >= 0.6 is 0 Å². The van der Waals surface area contributed by atoms with Crippen molar-refractivity contribution in [3.8, 4) is 0 Å². The monoisotopic (exact) mass is 399 g/mol. The lowest BCUT2D eigenvalue weighted by molar-refractivity contribution is -0.123. The van der Waals surface area contributed by atoms with Crippen LogP contribution in [0.3, 0.4) is 0 Å². The van der Waals surface area contributed by atoms with Crippen LogP contribution < -0.4 is 10.6 Å². The smallest absolute Gasteiger partial charge is 0.254 e. The van der Waals surface area contributed by atoms with E-state index in [1.807, 2.05) is 43.0 Å². The molecule has 3 fully saturated rings. The largest absolute Gasteiger partial charge is 0.372 e. The van der Waals surface area contributed by atoms with E-state index in [4.69, 9.17) is 4.74 Å². The third kappa shape index (κ3) is 4.81. The van der Waals surface area contributed by atoms with E-state index in [0.29, 0.717) is 37.2 Å². The fraction of sp³-hybridized carbons (Fsp3) is 0.652. The van der Waals surface area contributed by atoms with Gasteiger partial charge in [-0.25, -0.2) is 0 Å². The van der Waals surface area contributed by atoms with Gasteiger partial charge in [0.1, 0.15) is 0 Å². The minimum Gasteiger partial charge on any atom is -0.372 e. The average molecular weight is 400 g/mol. The fourth-order valence-corrected chi connectivity index (χ4v) is 5.12. The molecule has 1 aliphatic carbocycles. The zero-order chi connectivity index (χ0) is 20.4. The van der Waals surface area contributed by atoms with E-state index < -0.39 is 0 Å². The molecule has 5 atom stereocenters. The van der Waals surface area contributed by atoms with Crippen LogP contribution in [0.25, 0.3) is 0 Å². The number of benzene rings is 1. The van der Waals surface area contributed by atoms with Gasteiger partial charge >= 0.3 is 0 Å². The van der Waals surface area contributed by atoms with Gasteiger partial charge in [0.25, 0.3) is 5.91 Å². The highest BCUT2D eigenvalue weighted by molar-refractivity contribution is 5.94. The Labute approximate surface area is 173 Å².